The van der Waals surface area contributed by atoms with Crippen molar-refractivity contribution in [1.29, 1.82) is 0 Å². The van der Waals surface area contributed by atoms with E-state index in [-0.39, 0.29) is 5.82 Å². The molecule has 100 valence electrons. The van der Waals surface area contributed by atoms with Gasteiger partial charge in [0.1, 0.15) is 5.82 Å². The Balaban J connectivity index is 2.14. The zero-order valence-electron chi connectivity index (χ0n) is 11.2. The van der Waals surface area contributed by atoms with Gasteiger partial charge in [-0.2, -0.15) is 0 Å². The Morgan fingerprint density at radius 3 is 2.84 bits per heavy atom. The zero-order chi connectivity index (χ0) is 13.5. The third kappa shape index (κ3) is 4.14. The molecule has 2 rings (SSSR count). The smallest absolute Gasteiger partial charge is 0.123 e. The molecular weight excluding hydrogens is 239 g/mol. The maximum absolute atomic E-state index is 13.4. The molecule has 1 heterocycles. The molecule has 2 nitrogen and oxygen atoms in total. The SMILES string of the molecule is CCCNCc1cc(F)ccc1Cc1cccnc1. The van der Waals surface area contributed by atoms with Gasteiger partial charge in [0.05, 0.1) is 0 Å². The summed E-state index contributed by atoms with van der Waals surface area (Å²) in [5.41, 5.74) is 3.32. The van der Waals surface area contributed by atoms with Crippen LogP contribution in [-0.4, -0.2) is 11.5 Å². The fourth-order valence-electron chi connectivity index (χ4n) is 2.05. The molecule has 0 aliphatic rings. The van der Waals surface area contributed by atoms with Gasteiger partial charge in [0.2, 0.25) is 0 Å². The molecule has 0 atom stereocenters. The Morgan fingerprint density at radius 2 is 2.11 bits per heavy atom. The molecule has 0 unspecified atom stereocenters. The van der Waals surface area contributed by atoms with Gasteiger partial charge in [0.25, 0.3) is 0 Å². The average Bonchev–Trinajstić information content (AvgIpc) is 2.43. The minimum absolute atomic E-state index is 0.178. The molecule has 0 aliphatic heterocycles. The quantitative estimate of drug-likeness (QED) is 0.804. The predicted molar refractivity (Wildman–Crippen MR) is 75.4 cm³/mol. The molecule has 1 N–H and O–H groups in total. The van der Waals surface area contributed by atoms with Gasteiger partial charge in [0.15, 0.2) is 0 Å². The first kappa shape index (κ1) is 13.7. The molecule has 0 radical (unpaired) electrons. The predicted octanol–water partition coefficient (Wildman–Crippen LogP) is 3.31. The van der Waals surface area contributed by atoms with Crippen LogP contribution in [0.2, 0.25) is 0 Å². The van der Waals surface area contributed by atoms with Crippen LogP contribution in [0.15, 0.2) is 42.7 Å². The molecule has 3 heteroatoms. The van der Waals surface area contributed by atoms with Gasteiger partial charge in [-0.25, -0.2) is 4.39 Å². The molecule has 19 heavy (non-hydrogen) atoms. The Labute approximate surface area is 113 Å². The molecule has 1 aromatic heterocycles. The summed E-state index contributed by atoms with van der Waals surface area (Å²) in [6.07, 6.45) is 5.48. The van der Waals surface area contributed by atoms with Gasteiger partial charge in [-0.15, -0.1) is 0 Å². The van der Waals surface area contributed by atoms with Crippen molar-refractivity contribution in [3.05, 3.63) is 65.2 Å². The Hall–Kier alpha value is -1.74. The van der Waals surface area contributed by atoms with Crippen LogP contribution in [0.25, 0.3) is 0 Å². The summed E-state index contributed by atoms with van der Waals surface area (Å²) >= 11 is 0. The van der Waals surface area contributed by atoms with E-state index in [9.17, 15) is 4.39 Å². The number of benzene rings is 1. The number of pyridine rings is 1. The first-order valence-electron chi connectivity index (χ1n) is 6.66. The van der Waals surface area contributed by atoms with Crippen molar-refractivity contribution < 1.29 is 4.39 Å². The normalized spacial score (nSPS) is 10.6. The van der Waals surface area contributed by atoms with E-state index in [4.69, 9.17) is 0 Å². The molecule has 0 bridgehead atoms. The van der Waals surface area contributed by atoms with Crippen LogP contribution in [-0.2, 0) is 13.0 Å². The van der Waals surface area contributed by atoms with Crippen LogP contribution in [0.4, 0.5) is 4.39 Å². The van der Waals surface area contributed by atoms with Crippen molar-refractivity contribution >= 4 is 0 Å². The van der Waals surface area contributed by atoms with Gasteiger partial charge in [-0.05, 0) is 54.3 Å². The number of aromatic nitrogens is 1. The molecular formula is C16H19FN2. The lowest BCUT2D eigenvalue weighted by molar-refractivity contribution is 0.617. The third-order valence-corrected chi connectivity index (χ3v) is 3.03. The van der Waals surface area contributed by atoms with Gasteiger partial charge < -0.3 is 5.32 Å². The highest BCUT2D eigenvalue weighted by molar-refractivity contribution is 5.32. The van der Waals surface area contributed by atoms with E-state index < -0.39 is 0 Å². The number of nitrogens with zero attached hydrogens (tertiary/aromatic N) is 1. The van der Waals surface area contributed by atoms with Crippen LogP contribution in [0.3, 0.4) is 0 Å². The van der Waals surface area contributed by atoms with Gasteiger partial charge in [-0.3, -0.25) is 4.98 Å². The fraction of sp³-hybridized carbons (Fsp3) is 0.312. The second kappa shape index (κ2) is 7.00. The highest BCUT2D eigenvalue weighted by Gasteiger charge is 2.05. The number of hydrogen-bond acceptors (Lipinski definition) is 2. The van der Waals surface area contributed by atoms with Crippen molar-refractivity contribution in [3.63, 3.8) is 0 Å². The largest absolute Gasteiger partial charge is 0.313 e. The zero-order valence-corrected chi connectivity index (χ0v) is 11.2. The highest BCUT2D eigenvalue weighted by Crippen LogP contribution is 2.15. The molecule has 0 aliphatic carbocycles. The van der Waals surface area contributed by atoms with Crippen LogP contribution in [0.1, 0.15) is 30.0 Å². The maximum atomic E-state index is 13.4. The topological polar surface area (TPSA) is 24.9 Å². The first-order valence-corrected chi connectivity index (χ1v) is 6.66. The van der Waals surface area contributed by atoms with Gasteiger partial charge in [-0.1, -0.05) is 19.1 Å². The van der Waals surface area contributed by atoms with E-state index in [1.807, 2.05) is 24.4 Å². The van der Waals surface area contributed by atoms with E-state index in [2.05, 4.69) is 17.2 Å². The van der Waals surface area contributed by atoms with Crippen LogP contribution in [0, 0.1) is 5.82 Å². The molecule has 0 saturated heterocycles. The standard InChI is InChI=1S/C16H19FN2/c1-2-7-18-12-15-10-16(17)6-5-14(15)9-13-4-3-8-19-11-13/h3-6,8,10-11,18H,2,7,9,12H2,1H3. The number of hydrogen-bond donors (Lipinski definition) is 1. The summed E-state index contributed by atoms with van der Waals surface area (Å²) in [6.45, 7) is 3.78. The monoisotopic (exact) mass is 258 g/mol. The number of halogens is 1. The van der Waals surface area contributed by atoms with E-state index >= 15 is 0 Å². The fourth-order valence-corrected chi connectivity index (χ4v) is 2.05. The average molecular weight is 258 g/mol. The Morgan fingerprint density at radius 1 is 1.21 bits per heavy atom. The summed E-state index contributed by atoms with van der Waals surface area (Å²) in [5.74, 6) is -0.178. The summed E-state index contributed by atoms with van der Waals surface area (Å²) < 4.78 is 13.4. The first-order chi connectivity index (χ1) is 9.29. The minimum Gasteiger partial charge on any atom is -0.313 e. The minimum atomic E-state index is -0.178. The van der Waals surface area contributed by atoms with Crippen molar-refractivity contribution in [2.45, 2.75) is 26.3 Å². The van der Waals surface area contributed by atoms with Gasteiger partial charge in [0, 0.05) is 18.9 Å². The van der Waals surface area contributed by atoms with E-state index in [0.717, 1.165) is 36.1 Å². The summed E-state index contributed by atoms with van der Waals surface area (Å²) in [7, 11) is 0. The molecule has 1 aromatic carbocycles. The molecule has 0 saturated carbocycles. The van der Waals surface area contributed by atoms with Crippen molar-refractivity contribution in [2.75, 3.05) is 6.54 Å². The second-order valence-electron chi connectivity index (χ2n) is 4.63. The lowest BCUT2D eigenvalue weighted by atomic mass is 10.0. The van der Waals surface area contributed by atoms with Crippen molar-refractivity contribution in [1.82, 2.24) is 10.3 Å². The van der Waals surface area contributed by atoms with Crippen LogP contribution < -0.4 is 5.32 Å². The van der Waals surface area contributed by atoms with Crippen LogP contribution >= 0.6 is 0 Å². The van der Waals surface area contributed by atoms with E-state index in [1.165, 1.54) is 6.07 Å². The molecule has 0 spiro atoms. The third-order valence-electron chi connectivity index (χ3n) is 3.03. The van der Waals surface area contributed by atoms with E-state index in [0.29, 0.717) is 6.54 Å². The van der Waals surface area contributed by atoms with E-state index in [1.54, 1.807) is 12.3 Å². The molecule has 2 aromatic rings. The lowest BCUT2D eigenvalue weighted by Gasteiger charge is -2.10. The van der Waals surface area contributed by atoms with Crippen molar-refractivity contribution in [3.8, 4) is 0 Å². The highest BCUT2D eigenvalue weighted by atomic mass is 19.1. The summed E-state index contributed by atoms with van der Waals surface area (Å²) in [6, 6.07) is 8.97. The molecule has 0 amide bonds. The second-order valence-corrected chi connectivity index (χ2v) is 4.63. The Kier molecular flexibility index (Phi) is 5.04. The van der Waals surface area contributed by atoms with Gasteiger partial charge >= 0.3 is 0 Å². The van der Waals surface area contributed by atoms with Crippen molar-refractivity contribution in [2.24, 2.45) is 0 Å². The summed E-state index contributed by atoms with van der Waals surface area (Å²) in [4.78, 5) is 4.11. The number of nitrogens with one attached hydrogen (secondary N) is 1. The maximum Gasteiger partial charge on any atom is 0.123 e. The van der Waals surface area contributed by atoms with Crippen LogP contribution in [0.5, 0.6) is 0 Å². The molecule has 0 fully saturated rings. The Bertz CT molecular complexity index is 511. The summed E-state index contributed by atoms with van der Waals surface area (Å²) in [5, 5.41) is 3.32. The number of rotatable bonds is 6. The lowest BCUT2D eigenvalue weighted by Crippen LogP contribution is -2.15.